The van der Waals surface area contributed by atoms with E-state index in [2.05, 4.69) is 15.9 Å². The lowest BCUT2D eigenvalue weighted by Crippen LogP contribution is -2.16. The largest absolute Gasteiger partial charge is 0.504 e. The summed E-state index contributed by atoms with van der Waals surface area (Å²) in [5.41, 5.74) is 5.85. The minimum absolute atomic E-state index is 0.0869. The van der Waals surface area contributed by atoms with Crippen LogP contribution in [0.2, 0.25) is 0 Å². The summed E-state index contributed by atoms with van der Waals surface area (Å²) >= 11 is 2.99. The highest BCUT2D eigenvalue weighted by Gasteiger charge is 2.20. The Bertz CT molecular complexity index is 373. The molecule has 0 aliphatic rings. The van der Waals surface area contributed by atoms with Crippen LogP contribution in [0.1, 0.15) is 11.6 Å². The van der Waals surface area contributed by atoms with Gasteiger partial charge in [-0.05, 0) is 22.0 Å². The first-order valence-corrected chi connectivity index (χ1v) is 4.93. The third-order valence-corrected chi connectivity index (χ3v) is 2.71. The molecule has 1 rings (SSSR count). The van der Waals surface area contributed by atoms with Crippen LogP contribution in [0.4, 0.5) is 4.39 Å². The van der Waals surface area contributed by atoms with E-state index >= 15 is 0 Å². The van der Waals surface area contributed by atoms with Gasteiger partial charge in [0.15, 0.2) is 11.6 Å². The minimum Gasteiger partial charge on any atom is -0.504 e. The second kappa shape index (κ2) is 4.78. The van der Waals surface area contributed by atoms with Crippen molar-refractivity contribution in [3.63, 3.8) is 0 Å². The van der Waals surface area contributed by atoms with Gasteiger partial charge in [0, 0.05) is 5.56 Å². The number of phenols is 1. The van der Waals surface area contributed by atoms with Gasteiger partial charge in [-0.3, -0.25) is 0 Å². The molecule has 15 heavy (non-hydrogen) atoms. The molecular weight excluding hydrogens is 269 g/mol. The van der Waals surface area contributed by atoms with E-state index in [-0.39, 0.29) is 16.8 Å². The van der Waals surface area contributed by atoms with Crippen LogP contribution in [-0.2, 0) is 0 Å². The highest BCUT2D eigenvalue weighted by atomic mass is 79.9. The van der Waals surface area contributed by atoms with Gasteiger partial charge in [0.2, 0.25) is 0 Å². The molecule has 0 aromatic heterocycles. The molecule has 84 valence electrons. The number of hydrogen-bond donors (Lipinski definition) is 3. The molecular formula is C9H11BrFNO3. The van der Waals surface area contributed by atoms with Crippen molar-refractivity contribution in [3.05, 3.63) is 21.9 Å². The quantitative estimate of drug-likeness (QED) is 0.780. The van der Waals surface area contributed by atoms with Crippen molar-refractivity contribution in [2.24, 2.45) is 5.73 Å². The van der Waals surface area contributed by atoms with Gasteiger partial charge >= 0.3 is 0 Å². The van der Waals surface area contributed by atoms with Gasteiger partial charge < -0.3 is 20.7 Å². The molecule has 0 amide bonds. The van der Waals surface area contributed by atoms with E-state index < -0.39 is 17.6 Å². The van der Waals surface area contributed by atoms with Crippen molar-refractivity contribution in [3.8, 4) is 11.5 Å². The van der Waals surface area contributed by atoms with E-state index in [1.165, 1.54) is 7.11 Å². The second-order valence-corrected chi connectivity index (χ2v) is 3.73. The zero-order valence-corrected chi connectivity index (χ0v) is 9.58. The molecule has 1 unspecified atom stereocenters. The van der Waals surface area contributed by atoms with Gasteiger partial charge in [-0.2, -0.15) is 0 Å². The standard InChI is InChI=1S/C9H11BrFNO3/c1-15-9-4(6(12)3-13)2-5(11)8(14)7(9)10/h2,6,13-14H,3,12H2,1H3. The van der Waals surface area contributed by atoms with Crippen LogP contribution in [-0.4, -0.2) is 23.9 Å². The summed E-state index contributed by atoms with van der Waals surface area (Å²) in [6.07, 6.45) is 0. The predicted octanol–water partition coefficient (Wildman–Crippen LogP) is 1.29. The molecule has 0 aliphatic heterocycles. The SMILES string of the molecule is COc1c(C(N)CO)cc(F)c(O)c1Br. The fraction of sp³-hybridized carbons (Fsp3) is 0.333. The van der Waals surface area contributed by atoms with E-state index in [1.54, 1.807) is 0 Å². The van der Waals surface area contributed by atoms with Crippen molar-refractivity contribution in [1.29, 1.82) is 0 Å². The smallest absolute Gasteiger partial charge is 0.169 e. The van der Waals surface area contributed by atoms with Gasteiger partial charge in [-0.1, -0.05) is 0 Å². The first-order valence-electron chi connectivity index (χ1n) is 4.14. The van der Waals surface area contributed by atoms with Crippen molar-refractivity contribution in [2.45, 2.75) is 6.04 Å². The van der Waals surface area contributed by atoms with Gasteiger partial charge in [-0.15, -0.1) is 0 Å². The van der Waals surface area contributed by atoms with Crippen molar-refractivity contribution in [1.82, 2.24) is 0 Å². The number of hydrogen-bond acceptors (Lipinski definition) is 4. The average molecular weight is 280 g/mol. The molecule has 0 heterocycles. The highest BCUT2D eigenvalue weighted by molar-refractivity contribution is 9.10. The van der Waals surface area contributed by atoms with Crippen molar-refractivity contribution >= 4 is 15.9 Å². The van der Waals surface area contributed by atoms with Crippen LogP contribution in [0, 0.1) is 5.82 Å². The zero-order valence-electron chi connectivity index (χ0n) is 8.00. The summed E-state index contributed by atoms with van der Waals surface area (Å²) in [6, 6.07) is 0.283. The van der Waals surface area contributed by atoms with E-state index in [1.807, 2.05) is 0 Å². The number of methoxy groups -OCH3 is 1. The summed E-state index contributed by atoms with van der Waals surface area (Å²) in [7, 11) is 1.37. The van der Waals surface area contributed by atoms with Crippen molar-refractivity contribution < 1.29 is 19.3 Å². The summed E-state index contributed by atoms with van der Waals surface area (Å²) in [5, 5.41) is 18.2. The van der Waals surface area contributed by atoms with Crippen LogP contribution in [0.25, 0.3) is 0 Å². The zero-order chi connectivity index (χ0) is 11.6. The molecule has 0 fully saturated rings. The normalized spacial score (nSPS) is 12.6. The third kappa shape index (κ3) is 2.22. The Morgan fingerprint density at radius 1 is 1.67 bits per heavy atom. The van der Waals surface area contributed by atoms with E-state index in [4.69, 9.17) is 15.6 Å². The first-order chi connectivity index (χ1) is 7.02. The molecule has 1 aromatic rings. The number of ether oxygens (including phenoxy) is 1. The molecule has 4 nitrogen and oxygen atoms in total. The Hall–Kier alpha value is -0.850. The maximum Gasteiger partial charge on any atom is 0.169 e. The van der Waals surface area contributed by atoms with E-state index in [0.29, 0.717) is 5.56 Å². The lowest BCUT2D eigenvalue weighted by Gasteiger charge is -2.16. The van der Waals surface area contributed by atoms with Gasteiger partial charge in [0.25, 0.3) is 0 Å². The third-order valence-electron chi connectivity index (χ3n) is 1.98. The molecule has 0 bridgehead atoms. The van der Waals surface area contributed by atoms with Crippen molar-refractivity contribution in [2.75, 3.05) is 13.7 Å². The highest BCUT2D eigenvalue weighted by Crippen LogP contribution is 2.40. The Kier molecular flexibility index (Phi) is 3.90. The number of phenolic OH excluding ortho intramolecular Hbond substituents is 1. The molecule has 1 atom stereocenters. The Morgan fingerprint density at radius 3 is 2.73 bits per heavy atom. The lowest BCUT2D eigenvalue weighted by atomic mass is 10.1. The number of benzene rings is 1. The molecule has 0 saturated carbocycles. The minimum atomic E-state index is -0.818. The summed E-state index contributed by atoms with van der Waals surface area (Å²) in [5.74, 6) is -1.14. The molecule has 0 saturated heterocycles. The Labute approximate surface area is 94.6 Å². The fourth-order valence-electron chi connectivity index (χ4n) is 1.19. The molecule has 4 N–H and O–H groups in total. The monoisotopic (exact) mass is 279 g/mol. The van der Waals surface area contributed by atoms with Gasteiger partial charge in [-0.25, -0.2) is 4.39 Å². The van der Waals surface area contributed by atoms with Crippen LogP contribution in [0.15, 0.2) is 10.5 Å². The van der Waals surface area contributed by atoms with Crippen LogP contribution in [0.3, 0.4) is 0 Å². The predicted molar refractivity (Wildman–Crippen MR) is 56.3 cm³/mol. The van der Waals surface area contributed by atoms with Crippen LogP contribution < -0.4 is 10.5 Å². The average Bonchev–Trinajstić information content (AvgIpc) is 2.24. The Morgan fingerprint density at radius 2 is 2.27 bits per heavy atom. The van der Waals surface area contributed by atoms with E-state index in [9.17, 15) is 9.50 Å². The summed E-state index contributed by atoms with van der Waals surface area (Å²) in [6.45, 7) is -0.340. The number of rotatable bonds is 3. The molecule has 0 aliphatic carbocycles. The van der Waals surface area contributed by atoms with Gasteiger partial charge in [0.1, 0.15) is 10.2 Å². The lowest BCUT2D eigenvalue weighted by molar-refractivity contribution is 0.263. The maximum atomic E-state index is 13.2. The molecule has 0 radical (unpaired) electrons. The van der Waals surface area contributed by atoms with Crippen LogP contribution in [0.5, 0.6) is 11.5 Å². The topological polar surface area (TPSA) is 75.7 Å². The maximum absolute atomic E-state index is 13.2. The second-order valence-electron chi connectivity index (χ2n) is 2.93. The number of nitrogens with two attached hydrogens (primary N) is 1. The first kappa shape index (κ1) is 12.2. The van der Waals surface area contributed by atoms with E-state index in [0.717, 1.165) is 6.07 Å². The Balaban J connectivity index is 3.38. The number of aromatic hydroxyl groups is 1. The number of aliphatic hydroxyl groups is 1. The molecule has 0 spiro atoms. The molecule has 1 aromatic carbocycles. The summed E-state index contributed by atoms with van der Waals surface area (Å²) < 4.78 is 18.2. The number of aliphatic hydroxyl groups excluding tert-OH is 1. The number of halogens is 2. The molecule has 6 heteroatoms. The van der Waals surface area contributed by atoms with Crippen LogP contribution >= 0.6 is 15.9 Å². The van der Waals surface area contributed by atoms with Gasteiger partial charge in [0.05, 0.1) is 19.8 Å². The summed E-state index contributed by atoms with van der Waals surface area (Å²) in [4.78, 5) is 0. The fourth-order valence-corrected chi connectivity index (χ4v) is 1.77.